The van der Waals surface area contributed by atoms with Crippen LogP contribution in [0.15, 0.2) is 42.7 Å². The Morgan fingerprint density at radius 1 is 1.14 bits per heavy atom. The van der Waals surface area contributed by atoms with Gasteiger partial charge in [0, 0.05) is 37.6 Å². The van der Waals surface area contributed by atoms with Gasteiger partial charge in [-0.2, -0.15) is 0 Å². The average Bonchev–Trinajstić information content (AvgIpc) is 2.89. The molecule has 0 bridgehead atoms. The van der Waals surface area contributed by atoms with Crippen molar-refractivity contribution >= 4 is 45.0 Å². The van der Waals surface area contributed by atoms with Crippen LogP contribution in [0.25, 0.3) is 0 Å². The molecule has 0 aliphatic carbocycles. The summed E-state index contributed by atoms with van der Waals surface area (Å²) in [6, 6.07) is 9.22. The van der Waals surface area contributed by atoms with E-state index in [-0.39, 0.29) is 5.91 Å². The zero-order valence-electron chi connectivity index (χ0n) is 21.2. The smallest absolute Gasteiger partial charge is 0.253 e. The van der Waals surface area contributed by atoms with Crippen molar-refractivity contribution in [3.63, 3.8) is 0 Å². The van der Waals surface area contributed by atoms with Gasteiger partial charge in [-0.3, -0.25) is 9.10 Å². The van der Waals surface area contributed by atoms with Crippen molar-refractivity contribution in [1.29, 1.82) is 0 Å². The van der Waals surface area contributed by atoms with Crippen molar-refractivity contribution in [2.24, 2.45) is 0 Å². The number of halogens is 1. The Bertz CT molecular complexity index is 1390. The number of pyridine rings is 1. The van der Waals surface area contributed by atoms with Crippen LogP contribution in [0, 0.1) is 6.92 Å². The van der Waals surface area contributed by atoms with Crippen molar-refractivity contribution in [3.05, 3.63) is 70.1 Å². The maximum atomic E-state index is 13.0. The summed E-state index contributed by atoms with van der Waals surface area (Å²) in [6.45, 7) is 3.53. The quantitative estimate of drug-likeness (QED) is 0.450. The maximum absolute atomic E-state index is 13.0. The third-order valence-electron chi connectivity index (χ3n) is 6.49. The lowest BCUT2D eigenvalue weighted by Gasteiger charge is -2.27. The number of hydrogen-bond acceptors (Lipinski definition) is 7. The molecule has 196 valence electrons. The first-order chi connectivity index (χ1) is 17.6. The molecule has 2 aromatic heterocycles. The highest BCUT2D eigenvalue weighted by Gasteiger charge is 2.20. The molecule has 37 heavy (non-hydrogen) atoms. The number of piperidine rings is 1. The van der Waals surface area contributed by atoms with Crippen LogP contribution in [0.5, 0.6) is 0 Å². The molecular formula is C26H31ClN6O3S. The highest BCUT2D eigenvalue weighted by Crippen LogP contribution is 2.25. The first-order valence-corrected chi connectivity index (χ1v) is 14.4. The van der Waals surface area contributed by atoms with Gasteiger partial charge in [-0.05, 0) is 68.4 Å². The van der Waals surface area contributed by atoms with E-state index in [1.807, 2.05) is 36.1 Å². The van der Waals surface area contributed by atoms with Crippen LogP contribution in [0.4, 0.5) is 17.5 Å². The summed E-state index contributed by atoms with van der Waals surface area (Å²) >= 11 is 6.40. The number of aryl methyl sites for hydroxylation is 3. The number of likely N-dealkylation sites (tertiary alicyclic amines) is 1. The van der Waals surface area contributed by atoms with E-state index >= 15 is 0 Å². The minimum atomic E-state index is -3.45. The van der Waals surface area contributed by atoms with Gasteiger partial charge in [0.15, 0.2) is 0 Å². The van der Waals surface area contributed by atoms with Crippen LogP contribution in [0.2, 0.25) is 5.02 Å². The van der Waals surface area contributed by atoms with E-state index in [0.717, 1.165) is 59.7 Å². The topological polar surface area (TPSA) is 108 Å². The van der Waals surface area contributed by atoms with Gasteiger partial charge in [0.1, 0.15) is 5.82 Å². The highest BCUT2D eigenvalue weighted by atomic mass is 35.5. The van der Waals surface area contributed by atoms with Crippen LogP contribution in [0.1, 0.15) is 46.4 Å². The summed E-state index contributed by atoms with van der Waals surface area (Å²) in [5.74, 6) is 0.774. The fourth-order valence-electron chi connectivity index (χ4n) is 4.25. The Morgan fingerprint density at radius 2 is 1.89 bits per heavy atom. The summed E-state index contributed by atoms with van der Waals surface area (Å²) in [5.41, 5.74) is 3.72. The average molecular weight is 543 g/mol. The molecule has 1 amide bonds. The zero-order chi connectivity index (χ0) is 26.6. The minimum absolute atomic E-state index is 0.0341. The van der Waals surface area contributed by atoms with Gasteiger partial charge in [-0.1, -0.05) is 23.7 Å². The zero-order valence-corrected chi connectivity index (χ0v) is 22.8. The highest BCUT2D eigenvalue weighted by molar-refractivity contribution is 7.92. The lowest BCUT2D eigenvalue weighted by molar-refractivity contribution is 0.0724. The third kappa shape index (κ3) is 6.56. The number of nitrogens with one attached hydrogen (secondary N) is 1. The van der Waals surface area contributed by atoms with Gasteiger partial charge in [0.25, 0.3) is 5.91 Å². The molecule has 1 saturated heterocycles. The summed E-state index contributed by atoms with van der Waals surface area (Å²) in [4.78, 5) is 28.1. The number of nitrogens with zero attached hydrogens (tertiary/aromatic N) is 5. The first-order valence-electron chi connectivity index (χ1n) is 12.2. The molecule has 0 atom stereocenters. The molecule has 0 spiro atoms. The molecule has 3 heterocycles. The molecule has 1 aliphatic heterocycles. The number of carbonyl (C=O) groups is 1. The maximum Gasteiger partial charge on any atom is 0.253 e. The molecule has 11 heteroatoms. The number of hydrogen-bond donors (Lipinski definition) is 1. The summed E-state index contributed by atoms with van der Waals surface area (Å²) in [6.07, 6.45) is 8.42. The van der Waals surface area contributed by atoms with Crippen molar-refractivity contribution in [2.45, 2.75) is 39.0 Å². The van der Waals surface area contributed by atoms with Crippen LogP contribution in [-0.2, 0) is 22.9 Å². The Kier molecular flexibility index (Phi) is 8.29. The normalized spacial score (nSPS) is 13.9. The monoisotopic (exact) mass is 542 g/mol. The van der Waals surface area contributed by atoms with Crippen LogP contribution in [0.3, 0.4) is 0 Å². The Morgan fingerprint density at radius 3 is 2.62 bits per heavy atom. The second-order valence-electron chi connectivity index (χ2n) is 9.21. The number of rotatable bonds is 8. The summed E-state index contributed by atoms with van der Waals surface area (Å²) in [7, 11) is -1.97. The van der Waals surface area contributed by atoms with E-state index in [0.29, 0.717) is 40.9 Å². The second kappa shape index (κ2) is 11.4. The molecule has 1 aromatic carbocycles. The fraction of sp³-hybridized carbons (Fsp3) is 0.385. The van der Waals surface area contributed by atoms with Gasteiger partial charge in [-0.15, -0.1) is 0 Å². The SMILES string of the molecule is Cc1ccc(C(=O)N2CCCCC2)cc1Nc1ncc(Cl)c(CCc2cccnc2N(C)S(C)(=O)=O)n1. The lowest BCUT2D eigenvalue weighted by Crippen LogP contribution is -2.35. The molecule has 3 aromatic rings. The summed E-state index contributed by atoms with van der Waals surface area (Å²) < 4.78 is 25.2. The second-order valence-corrected chi connectivity index (χ2v) is 11.6. The Hall–Kier alpha value is -3.24. The standard InChI is InChI=1S/C26H31ClN6O3S/c1-18-9-10-20(25(34)33-14-5-4-6-15-33)16-23(18)31-26-29-17-21(27)22(30-26)12-11-19-8-7-13-28-24(19)32(2)37(3,35)36/h7-10,13,16-17H,4-6,11-12,14-15H2,1-3H3,(H,29,30,31). The number of benzene rings is 1. The number of aromatic nitrogens is 3. The minimum Gasteiger partial charge on any atom is -0.339 e. The van der Waals surface area contributed by atoms with E-state index in [1.165, 1.54) is 13.2 Å². The molecule has 4 rings (SSSR count). The lowest BCUT2D eigenvalue weighted by atomic mass is 10.1. The molecular weight excluding hydrogens is 512 g/mol. The first kappa shape index (κ1) is 26.8. The molecule has 1 aliphatic rings. The number of anilines is 3. The number of sulfonamides is 1. The van der Waals surface area contributed by atoms with Crippen LogP contribution < -0.4 is 9.62 Å². The molecule has 1 fully saturated rings. The van der Waals surface area contributed by atoms with Gasteiger partial charge >= 0.3 is 0 Å². The molecule has 9 nitrogen and oxygen atoms in total. The van der Waals surface area contributed by atoms with E-state index < -0.39 is 10.0 Å². The molecule has 1 N–H and O–H groups in total. The van der Waals surface area contributed by atoms with Crippen molar-refractivity contribution < 1.29 is 13.2 Å². The van der Waals surface area contributed by atoms with Gasteiger partial charge in [-0.25, -0.2) is 23.4 Å². The number of amides is 1. The molecule has 0 unspecified atom stereocenters. The van der Waals surface area contributed by atoms with Crippen molar-refractivity contribution in [2.75, 3.05) is 36.0 Å². The third-order valence-corrected chi connectivity index (χ3v) is 7.97. The largest absolute Gasteiger partial charge is 0.339 e. The fourth-order valence-corrected chi connectivity index (χ4v) is 4.91. The number of carbonyl (C=O) groups excluding carboxylic acids is 1. The Labute approximate surface area is 223 Å². The van der Waals surface area contributed by atoms with Gasteiger partial charge in [0.05, 0.1) is 23.2 Å². The molecule has 0 radical (unpaired) electrons. The predicted octanol–water partition coefficient (Wildman–Crippen LogP) is 4.38. The predicted molar refractivity (Wildman–Crippen MR) is 146 cm³/mol. The van der Waals surface area contributed by atoms with Crippen LogP contribution >= 0.6 is 11.6 Å². The Balaban J connectivity index is 1.52. The van der Waals surface area contributed by atoms with E-state index in [9.17, 15) is 13.2 Å². The van der Waals surface area contributed by atoms with Gasteiger partial charge < -0.3 is 10.2 Å². The van der Waals surface area contributed by atoms with E-state index in [2.05, 4.69) is 20.3 Å². The van der Waals surface area contributed by atoms with Crippen molar-refractivity contribution in [3.8, 4) is 0 Å². The van der Waals surface area contributed by atoms with Crippen molar-refractivity contribution in [1.82, 2.24) is 19.9 Å². The van der Waals surface area contributed by atoms with Crippen LogP contribution in [-0.4, -0.2) is 60.6 Å². The van der Waals surface area contributed by atoms with Gasteiger partial charge in [0.2, 0.25) is 16.0 Å². The van der Waals surface area contributed by atoms with E-state index in [1.54, 1.807) is 12.3 Å². The molecule has 0 saturated carbocycles. The van der Waals surface area contributed by atoms with E-state index in [4.69, 9.17) is 11.6 Å². The summed E-state index contributed by atoms with van der Waals surface area (Å²) in [5, 5.41) is 3.65.